The zero-order valence-corrected chi connectivity index (χ0v) is 9.08. The van der Waals surface area contributed by atoms with Crippen LogP contribution in [-0.2, 0) is 14.3 Å². The van der Waals surface area contributed by atoms with Gasteiger partial charge in [0.05, 0.1) is 19.6 Å². The first kappa shape index (κ1) is 13.9. The van der Waals surface area contributed by atoms with Crippen molar-refractivity contribution in [2.75, 3.05) is 26.8 Å². The molecule has 0 radical (unpaired) electrons. The Morgan fingerprint density at radius 2 is 2.13 bits per heavy atom. The number of methoxy groups -OCH3 is 1. The summed E-state index contributed by atoms with van der Waals surface area (Å²) in [6.45, 7) is 2.77. The van der Waals surface area contributed by atoms with Crippen molar-refractivity contribution >= 4 is 11.9 Å². The Kier molecular flexibility index (Phi) is 7.57. The monoisotopic (exact) mass is 218 g/mol. The Morgan fingerprint density at radius 3 is 2.67 bits per heavy atom. The fourth-order valence-corrected chi connectivity index (χ4v) is 0.956. The van der Waals surface area contributed by atoms with Crippen LogP contribution in [0.2, 0.25) is 0 Å². The summed E-state index contributed by atoms with van der Waals surface area (Å²) in [5.41, 5.74) is 0. The van der Waals surface area contributed by atoms with Crippen LogP contribution in [0, 0.1) is 0 Å². The molecule has 0 rings (SSSR count). The van der Waals surface area contributed by atoms with Gasteiger partial charge in [0.1, 0.15) is 0 Å². The maximum atomic E-state index is 11.1. The molecule has 0 aromatic heterocycles. The van der Waals surface area contributed by atoms with Gasteiger partial charge in [0, 0.05) is 19.7 Å². The van der Waals surface area contributed by atoms with Gasteiger partial charge in [0.2, 0.25) is 5.91 Å². The molecule has 0 aliphatic heterocycles. The van der Waals surface area contributed by atoms with E-state index in [0.717, 1.165) is 0 Å². The summed E-state index contributed by atoms with van der Waals surface area (Å²) >= 11 is 0. The number of carboxylic acids is 1. The van der Waals surface area contributed by atoms with E-state index in [1.807, 2.05) is 0 Å². The third-order valence-corrected chi connectivity index (χ3v) is 1.72. The Balaban J connectivity index is 3.48. The molecule has 3 N–H and O–H groups in total. The Bertz CT molecular complexity index is 208. The number of hydrogen-bond acceptors (Lipinski definition) is 4. The maximum absolute atomic E-state index is 11.1. The Labute approximate surface area is 89.0 Å². The second-order valence-corrected chi connectivity index (χ2v) is 3.22. The number of carboxylic acid groups (broad SMARTS) is 1. The zero-order valence-electron chi connectivity index (χ0n) is 9.08. The van der Waals surface area contributed by atoms with Crippen molar-refractivity contribution in [1.29, 1.82) is 0 Å². The van der Waals surface area contributed by atoms with Crippen molar-refractivity contribution in [3.63, 3.8) is 0 Å². The first-order valence-corrected chi connectivity index (χ1v) is 4.77. The molecular weight excluding hydrogens is 200 g/mol. The topological polar surface area (TPSA) is 87.7 Å². The molecule has 1 atom stereocenters. The van der Waals surface area contributed by atoms with Crippen molar-refractivity contribution in [2.24, 2.45) is 0 Å². The Morgan fingerprint density at radius 1 is 1.47 bits per heavy atom. The van der Waals surface area contributed by atoms with Crippen molar-refractivity contribution in [2.45, 2.75) is 19.4 Å². The number of nitrogens with one attached hydrogen (secondary N) is 2. The summed E-state index contributed by atoms with van der Waals surface area (Å²) in [5.74, 6) is -1.04. The fourth-order valence-electron chi connectivity index (χ4n) is 0.956. The predicted molar refractivity (Wildman–Crippen MR) is 54.6 cm³/mol. The van der Waals surface area contributed by atoms with E-state index >= 15 is 0 Å². The number of ether oxygens (including phenoxy) is 1. The third kappa shape index (κ3) is 9.17. The lowest BCUT2D eigenvalue weighted by Crippen LogP contribution is -2.39. The molecule has 0 saturated carbocycles. The van der Waals surface area contributed by atoms with Crippen molar-refractivity contribution in [3.8, 4) is 0 Å². The van der Waals surface area contributed by atoms with Crippen LogP contribution in [0.25, 0.3) is 0 Å². The lowest BCUT2D eigenvalue weighted by molar-refractivity contribution is -0.137. The summed E-state index contributed by atoms with van der Waals surface area (Å²) in [4.78, 5) is 21.4. The van der Waals surface area contributed by atoms with E-state index in [-0.39, 0.29) is 24.9 Å². The number of amides is 1. The third-order valence-electron chi connectivity index (χ3n) is 1.72. The van der Waals surface area contributed by atoms with Gasteiger partial charge in [0.25, 0.3) is 0 Å². The molecule has 0 aliphatic rings. The van der Waals surface area contributed by atoms with E-state index in [1.54, 1.807) is 14.0 Å². The average Bonchev–Trinajstić information content (AvgIpc) is 2.14. The molecule has 0 aromatic carbocycles. The van der Waals surface area contributed by atoms with Crippen molar-refractivity contribution < 1.29 is 19.4 Å². The molecule has 6 heteroatoms. The van der Waals surface area contributed by atoms with Crippen molar-refractivity contribution in [3.05, 3.63) is 0 Å². The highest BCUT2D eigenvalue weighted by atomic mass is 16.5. The van der Waals surface area contributed by atoms with Gasteiger partial charge in [0.15, 0.2) is 0 Å². The van der Waals surface area contributed by atoms with Crippen LogP contribution in [0.4, 0.5) is 0 Å². The molecule has 0 aromatic rings. The van der Waals surface area contributed by atoms with E-state index in [1.165, 1.54) is 0 Å². The van der Waals surface area contributed by atoms with Gasteiger partial charge in [-0.1, -0.05) is 0 Å². The summed E-state index contributed by atoms with van der Waals surface area (Å²) in [7, 11) is 1.55. The summed E-state index contributed by atoms with van der Waals surface area (Å²) in [5, 5.41) is 13.9. The van der Waals surface area contributed by atoms with Crippen LogP contribution >= 0.6 is 0 Å². The van der Waals surface area contributed by atoms with Gasteiger partial charge in [-0.05, 0) is 6.92 Å². The van der Waals surface area contributed by atoms with Crippen LogP contribution in [0.15, 0.2) is 0 Å². The van der Waals surface area contributed by atoms with Gasteiger partial charge in [-0.2, -0.15) is 0 Å². The highest BCUT2D eigenvalue weighted by Gasteiger charge is 2.08. The van der Waals surface area contributed by atoms with Crippen LogP contribution < -0.4 is 10.6 Å². The molecule has 0 spiro atoms. The standard InChI is InChI=1S/C9H18N2O4/c1-7(5-9(13)14)11-6-8(12)10-3-4-15-2/h7,11H,3-6H2,1-2H3,(H,10,12)(H,13,14). The first-order valence-electron chi connectivity index (χ1n) is 4.77. The SMILES string of the molecule is COCCNC(=O)CNC(C)CC(=O)O. The van der Waals surface area contributed by atoms with Gasteiger partial charge < -0.3 is 20.5 Å². The minimum absolute atomic E-state index is 0.00531. The molecule has 15 heavy (non-hydrogen) atoms. The molecule has 1 amide bonds. The molecule has 88 valence electrons. The molecule has 0 fully saturated rings. The molecule has 0 bridgehead atoms. The second-order valence-electron chi connectivity index (χ2n) is 3.22. The van der Waals surface area contributed by atoms with Crippen LogP contribution in [-0.4, -0.2) is 49.8 Å². The number of aliphatic carboxylic acids is 1. The number of carbonyl (C=O) groups is 2. The molecule has 0 aliphatic carbocycles. The summed E-state index contributed by atoms with van der Waals surface area (Å²) in [6, 6.07) is -0.212. The van der Waals surface area contributed by atoms with Gasteiger partial charge >= 0.3 is 5.97 Å². The summed E-state index contributed by atoms with van der Waals surface area (Å²) < 4.78 is 4.76. The van der Waals surface area contributed by atoms with Crippen LogP contribution in [0.5, 0.6) is 0 Å². The van der Waals surface area contributed by atoms with Crippen LogP contribution in [0.1, 0.15) is 13.3 Å². The normalized spacial score (nSPS) is 12.1. The molecular formula is C9H18N2O4. The molecule has 6 nitrogen and oxygen atoms in total. The highest BCUT2D eigenvalue weighted by Crippen LogP contribution is 1.88. The van der Waals surface area contributed by atoms with Gasteiger partial charge in [-0.15, -0.1) is 0 Å². The minimum atomic E-state index is -0.880. The highest BCUT2D eigenvalue weighted by molar-refractivity contribution is 5.78. The number of hydrogen-bond donors (Lipinski definition) is 3. The quantitative estimate of drug-likeness (QED) is 0.464. The lowest BCUT2D eigenvalue weighted by atomic mass is 10.2. The van der Waals surface area contributed by atoms with E-state index in [9.17, 15) is 9.59 Å². The van der Waals surface area contributed by atoms with Crippen molar-refractivity contribution in [1.82, 2.24) is 10.6 Å². The number of carbonyl (C=O) groups excluding carboxylic acids is 1. The fraction of sp³-hybridized carbons (Fsp3) is 0.778. The second kappa shape index (κ2) is 8.19. The largest absolute Gasteiger partial charge is 0.481 e. The van der Waals surface area contributed by atoms with E-state index in [0.29, 0.717) is 13.2 Å². The maximum Gasteiger partial charge on any atom is 0.304 e. The zero-order chi connectivity index (χ0) is 11.7. The van der Waals surface area contributed by atoms with Gasteiger partial charge in [-0.25, -0.2) is 0 Å². The van der Waals surface area contributed by atoms with E-state index < -0.39 is 5.97 Å². The molecule has 1 unspecified atom stereocenters. The Hall–Kier alpha value is -1.14. The first-order chi connectivity index (χ1) is 7.06. The molecule has 0 saturated heterocycles. The van der Waals surface area contributed by atoms with Gasteiger partial charge in [-0.3, -0.25) is 9.59 Å². The smallest absolute Gasteiger partial charge is 0.304 e. The van der Waals surface area contributed by atoms with E-state index in [4.69, 9.17) is 9.84 Å². The predicted octanol–water partition coefficient (Wildman–Crippen LogP) is -0.798. The molecule has 0 heterocycles. The minimum Gasteiger partial charge on any atom is -0.481 e. The number of rotatable bonds is 8. The summed E-state index contributed by atoms with van der Waals surface area (Å²) in [6.07, 6.45) is 0.00531. The lowest BCUT2D eigenvalue weighted by Gasteiger charge is -2.11. The van der Waals surface area contributed by atoms with Crippen LogP contribution in [0.3, 0.4) is 0 Å². The average molecular weight is 218 g/mol. The van der Waals surface area contributed by atoms with E-state index in [2.05, 4.69) is 10.6 Å².